The number of nitrogens with zero attached hydrogens (tertiary/aromatic N) is 1. The maximum absolute atomic E-state index is 11.6. The molecule has 1 fully saturated rings. The van der Waals surface area contributed by atoms with E-state index >= 15 is 0 Å². The third-order valence-electron chi connectivity index (χ3n) is 3.16. The maximum atomic E-state index is 11.6. The quantitative estimate of drug-likeness (QED) is 0.804. The number of hydrogen-bond acceptors (Lipinski definition) is 4. The molecule has 0 saturated carbocycles. The standard InChI is InChI=1S/C14H18N2O3/c1-10-3-5-11(6-4-10)7-16-8-12(14(18)19-2)15-13(17)9-16/h3-6,12H,7-9H2,1-2H3,(H,15,17). The molecule has 1 aromatic carbocycles. The van der Waals surface area contributed by atoms with Gasteiger partial charge in [-0.2, -0.15) is 0 Å². The molecule has 0 aliphatic carbocycles. The van der Waals surface area contributed by atoms with Crippen LogP contribution in [0.2, 0.25) is 0 Å². The Balaban J connectivity index is 2.01. The minimum atomic E-state index is -0.573. The molecular weight excluding hydrogens is 244 g/mol. The van der Waals surface area contributed by atoms with E-state index in [0.717, 1.165) is 5.56 Å². The van der Waals surface area contributed by atoms with Gasteiger partial charge in [-0.15, -0.1) is 0 Å². The van der Waals surface area contributed by atoms with Gasteiger partial charge in [0.2, 0.25) is 5.91 Å². The van der Waals surface area contributed by atoms with E-state index in [9.17, 15) is 9.59 Å². The second-order valence-electron chi connectivity index (χ2n) is 4.80. The summed E-state index contributed by atoms with van der Waals surface area (Å²) < 4.78 is 4.67. The molecule has 2 rings (SSSR count). The van der Waals surface area contributed by atoms with Gasteiger partial charge < -0.3 is 10.1 Å². The number of carbonyl (C=O) groups excluding carboxylic acids is 2. The molecular formula is C14H18N2O3. The molecule has 1 aliphatic rings. The first-order valence-electron chi connectivity index (χ1n) is 6.23. The number of methoxy groups -OCH3 is 1. The van der Waals surface area contributed by atoms with Gasteiger partial charge in [-0.25, -0.2) is 4.79 Å². The molecule has 1 unspecified atom stereocenters. The summed E-state index contributed by atoms with van der Waals surface area (Å²) in [6, 6.07) is 7.58. The molecule has 1 N–H and O–H groups in total. The van der Waals surface area contributed by atoms with E-state index in [0.29, 0.717) is 19.6 Å². The van der Waals surface area contributed by atoms with Gasteiger partial charge in [0, 0.05) is 13.1 Å². The summed E-state index contributed by atoms with van der Waals surface area (Å²) in [6.45, 7) is 3.47. The maximum Gasteiger partial charge on any atom is 0.329 e. The van der Waals surface area contributed by atoms with Crippen molar-refractivity contribution in [2.45, 2.75) is 19.5 Å². The number of carbonyl (C=O) groups is 2. The van der Waals surface area contributed by atoms with Crippen LogP contribution in [0.3, 0.4) is 0 Å². The first-order valence-corrected chi connectivity index (χ1v) is 6.23. The van der Waals surface area contributed by atoms with E-state index in [1.165, 1.54) is 12.7 Å². The van der Waals surface area contributed by atoms with Gasteiger partial charge in [-0.05, 0) is 12.5 Å². The summed E-state index contributed by atoms with van der Waals surface area (Å²) in [5.41, 5.74) is 2.33. The minimum Gasteiger partial charge on any atom is -0.467 e. The summed E-state index contributed by atoms with van der Waals surface area (Å²) in [7, 11) is 1.33. The van der Waals surface area contributed by atoms with Crippen LogP contribution in [0.1, 0.15) is 11.1 Å². The number of aryl methyl sites for hydroxylation is 1. The van der Waals surface area contributed by atoms with Gasteiger partial charge in [-0.1, -0.05) is 29.8 Å². The predicted octanol–water partition coefficient (Wildman–Crippen LogP) is 0.468. The van der Waals surface area contributed by atoms with Crippen LogP contribution < -0.4 is 5.32 Å². The molecule has 1 saturated heterocycles. The zero-order chi connectivity index (χ0) is 13.8. The molecule has 0 radical (unpaired) electrons. The van der Waals surface area contributed by atoms with Crippen LogP contribution in [0.4, 0.5) is 0 Å². The highest BCUT2D eigenvalue weighted by Gasteiger charge is 2.30. The van der Waals surface area contributed by atoms with Crippen LogP contribution in [0.15, 0.2) is 24.3 Å². The summed E-state index contributed by atoms with van der Waals surface area (Å²) in [4.78, 5) is 25.0. The molecule has 5 heteroatoms. The third kappa shape index (κ3) is 3.54. The Hall–Kier alpha value is -1.88. The number of hydrogen-bond donors (Lipinski definition) is 1. The molecule has 1 aliphatic heterocycles. The number of rotatable bonds is 3. The van der Waals surface area contributed by atoms with E-state index in [4.69, 9.17) is 0 Å². The van der Waals surface area contributed by atoms with Gasteiger partial charge >= 0.3 is 5.97 Å². The Kier molecular flexibility index (Phi) is 4.16. The van der Waals surface area contributed by atoms with Crippen molar-refractivity contribution in [2.75, 3.05) is 20.2 Å². The van der Waals surface area contributed by atoms with Crippen molar-refractivity contribution in [2.24, 2.45) is 0 Å². The Morgan fingerprint density at radius 1 is 1.42 bits per heavy atom. The largest absolute Gasteiger partial charge is 0.467 e. The average Bonchev–Trinajstić information content (AvgIpc) is 2.40. The van der Waals surface area contributed by atoms with Gasteiger partial charge in [0.1, 0.15) is 6.04 Å². The first-order chi connectivity index (χ1) is 9.08. The Labute approximate surface area is 112 Å². The number of nitrogens with one attached hydrogen (secondary N) is 1. The van der Waals surface area contributed by atoms with Crippen molar-refractivity contribution in [1.29, 1.82) is 0 Å². The average molecular weight is 262 g/mol. The first kappa shape index (κ1) is 13.5. The topological polar surface area (TPSA) is 58.6 Å². The van der Waals surface area contributed by atoms with Gasteiger partial charge in [0.05, 0.1) is 13.7 Å². The number of esters is 1. The monoisotopic (exact) mass is 262 g/mol. The van der Waals surface area contributed by atoms with Crippen LogP contribution in [-0.4, -0.2) is 43.0 Å². The Morgan fingerprint density at radius 2 is 2.11 bits per heavy atom. The lowest BCUT2D eigenvalue weighted by Gasteiger charge is -2.31. The van der Waals surface area contributed by atoms with E-state index in [-0.39, 0.29) is 5.91 Å². The number of piperazine rings is 1. The van der Waals surface area contributed by atoms with Crippen molar-refractivity contribution in [3.63, 3.8) is 0 Å². The third-order valence-corrected chi connectivity index (χ3v) is 3.16. The van der Waals surface area contributed by atoms with Crippen LogP contribution in [0, 0.1) is 6.92 Å². The molecule has 0 aromatic heterocycles. The van der Waals surface area contributed by atoms with E-state index in [2.05, 4.69) is 10.1 Å². The van der Waals surface area contributed by atoms with Crippen molar-refractivity contribution in [3.05, 3.63) is 35.4 Å². The van der Waals surface area contributed by atoms with Gasteiger partial charge in [0.15, 0.2) is 0 Å². The fourth-order valence-corrected chi connectivity index (χ4v) is 2.16. The lowest BCUT2D eigenvalue weighted by Crippen LogP contribution is -2.57. The zero-order valence-corrected chi connectivity index (χ0v) is 11.2. The SMILES string of the molecule is COC(=O)C1CN(Cc2ccc(C)cc2)CC(=O)N1. The molecule has 1 heterocycles. The highest BCUT2D eigenvalue weighted by molar-refractivity contribution is 5.86. The fourth-order valence-electron chi connectivity index (χ4n) is 2.16. The normalized spacial score (nSPS) is 19.9. The van der Waals surface area contributed by atoms with Gasteiger partial charge in [-0.3, -0.25) is 9.69 Å². The van der Waals surface area contributed by atoms with Crippen LogP contribution >= 0.6 is 0 Å². The molecule has 0 bridgehead atoms. The second-order valence-corrected chi connectivity index (χ2v) is 4.80. The molecule has 1 aromatic rings. The number of amides is 1. The predicted molar refractivity (Wildman–Crippen MR) is 70.4 cm³/mol. The fraction of sp³-hybridized carbons (Fsp3) is 0.429. The van der Waals surface area contributed by atoms with Crippen LogP contribution in [0.5, 0.6) is 0 Å². The summed E-state index contributed by atoms with van der Waals surface area (Å²) in [5.74, 6) is -0.546. The van der Waals surface area contributed by atoms with Crippen molar-refractivity contribution in [3.8, 4) is 0 Å². The molecule has 19 heavy (non-hydrogen) atoms. The summed E-state index contributed by atoms with van der Waals surface area (Å²) in [5, 5.41) is 2.64. The highest BCUT2D eigenvalue weighted by Crippen LogP contribution is 2.10. The van der Waals surface area contributed by atoms with Crippen LogP contribution in [-0.2, 0) is 20.9 Å². The highest BCUT2D eigenvalue weighted by atomic mass is 16.5. The van der Waals surface area contributed by atoms with Crippen LogP contribution in [0.25, 0.3) is 0 Å². The lowest BCUT2D eigenvalue weighted by atomic mass is 10.1. The Morgan fingerprint density at radius 3 is 2.74 bits per heavy atom. The smallest absolute Gasteiger partial charge is 0.329 e. The molecule has 1 atom stereocenters. The van der Waals surface area contributed by atoms with E-state index in [1.807, 2.05) is 36.1 Å². The van der Waals surface area contributed by atoms with Gasteiger partial charge in [0.25, 0.3) is 0 Å². The van der Waals surface area contributed by atoms with Crippen molar-refractivity contribution >= 4 is 11.9 Å². The molecule has 1 amide bonds. The molecule has 102 valence electrons. The molecule has 5 nitrogen and oxygen atoms in total. The van der Waals surface area contributed by atoms with Crippen molar-refractivity contribution in [1.82, 2.24) is 10.2 Å². The number of ether oxygens (including phenoxy) is 1. The minimum absolute atomic E-state index is 0.145. The second kappa shape index (κ2) is 5.84. The summed E-state index contributed by atoms with van der Waals surface area (Å²) >= 11 is 0. The lowest BCUT2D eigenvalue weighted by molar-refractivity contribution is -0.147. The van der Waals surface area contributed by atoms with E-state index in [1.54, 1.807) is 0 Å². The van der Waals surface area contributed by atoms with E-state index < -0.39 is 12.0 Å². The van der Waals surface area contributed by atoms with Crippen molar-refractivity contribution < 1.29 is 14.3 Å². The Bertz CT molecular complexity index is 470. The number of benzene rings is 1. The summed E-state index contributed by atoms with van der Waals surface area (Å²) in [6.07, 6.45) is 0. The molecule has 0 spiro atoms. The zero-order valence-electron chi connectivity index (χ0n) is 11.2.